The molecule has 0 bridgehead atoms. The van der Waals surface area contributed by atoms with Crippen molar-refractivity contribution < 1.29 is 4.79 Å². The van der Waals surface area contributed by atoms with Crippen LogP contribution in [0.3, 0.4) is 0 Å². The molecule has 1 N–H and O–H groups in total. The predicted molar refractivity (Wildman–Crippen MR) is 87.5 cm³/mol. The van der Waals surface area contributed by atoms with Crippen LogP contribution in [-0.2, 0) is 7.05 Å². The molecule has 2 aromatic heterocycles. The van der Waals surface area contributed by atoms with E-state index in [-0.39, 0.29) is 20.4 Å². The average Bonchev–Trinajstić information content (AvgIpc) is 3.05. The summed E-state index contributed by atoms with van der Waals surface area (Å²) in [6.45, 7) is 1.95. The summed E-state index contributed by atoms with van der Waals surface area (Å²) in [7, 11) is 1.90. The zero-order valence-corrected chi connectivity index (χ0v) is 14.5. The van der Waals surface area contributed by atoms with Crippen LogP contribution in [0.4, 0.5) is 4.69 Å². The summed E-state index contributed by atoms with van der Waals surface area (Å²) >= 11 is 5.97. The van der Waals surface area contributed by atoms with Crippen LogP contribution >= 0.6 is 11.6 Å². The molecule has 1 aromatic carbocycles. The Balaban J connectivity index is 1.82. The first-order valence-electron chi connectivity index (χ1n) is 6.57. The van der Waals surface area contributed by atoms with Crippen molar-refractivity contribution in [1.29, 1.82) is 0 Å². The van der Waals surface area contributed by atoms with Gasteiger partial charge in [-0.1, -0.05) is 0 Å². The average molecular weight is 380 g/mol. The zero-order valence-electron chi connectivity index (χ0n) is 12.0. The first kappa shape index (κ1) is 15.0. The van der Waals surface area contributed by atoms with Gasteiger partial charge in [0, 0.05) is 0 Å². The third-order valence-electron chi connectivity index (χ3n) is 3.10. The molecule has 0 saturated heterocycles. The van der Waals surface area contributed by atoms with E-state index in [1.165, 1.54) is 0 Å². The van der Waals surface area contributed by atoms with Crippen LogP contribution in [0.15, 0.2) is 36.5 Å². The van der Waals surface area contributed by atoms with Crippen LogP contribution in [-0.4, -0.2) is 35.2 Å². The maximum absolute atomic E-state index is 12.2. The summed E-state index contributed by atoms with van der Waals surface area (Å²) in [4.78, 5) is 16.5. The molecule has 22 heavy (non-hydrogen) atoms. The first-order chi connectivity index (χ1) is 10.5. The fourth-order valence-corrected chi connectivity index (χ4v) is 4.12. The Morgan fingerprint density at radius 1 is 1.36 bits per heavy atom. The van der Waals surface area contributed by atoms with Crippen molar-refractivity contribution in [2.75, 3.05) is 5.32 Å². The van der Waals surface area contributed by atoms with Gasteiger partial charge in [0.15, 0.2) is 0 Å². The second-order valence-electron chi connectivity index (χ2n) is 4.76. The molecule has 5 nitrogen and oxygen atoms in total. The van der Waals surface area contributed by atoms with E-state index in [0.29, 0.717) is 15.3 Å². The molecule has 7 heteroatoms. The summed E-state index contributed by atoms with van der Waals surface area (Å²) in [5.74, 6) is -0.234. The molecule has 112 valence electrons. The SMILES string of the molecule is Cc1cc(-c2cnc(NC(=O)c3ccccc3Cl)[se]2)n(C)n1. The van der Waals surface area contributed by atoms with Crippen LogP contribution in [0, 0.1) is 6.92 Å². The van der Waals surface area contributed by atoms with E-state index in [9.17, 15) is 4.79 Å². The molecular formula is C15H13ClN4OSe. The summed E-state index contributed by atoms with van der Waals surface area (Å²) in [6, 6.07) is 8.98. The molecule has 0 aliphatic rings. The van der Waals surface area contributed by atoms with Gasteiger partial charge in [-0.15, -0.1) is 0 Å². The van der Waals surface area contributed by atoms with Gasteiger partial charge in [0.25, 0.3) is 0 Å². The molecule has 0 aliphatic carbocycles. The van der Waals surface area contributed by atoms with Crippen molar-refractivity contribution in [3.8, 4) is 10.1 Å². The molecule has 0 unspecified atom stereocenters. The molecule has 0 aliphatic heterocycles. The Morgan fingerprint density at radius 2 is 2.14 bits per heavy atom. The van der Waals surface area contributed by atoms with E-state index >= 15 is 0 Å². The second-order valence-corrected chi connectivity index (χ2v) is 7.33. The van der Waals surface area contributed by atoms with Crippen molar-refractivity contribution >= 4 is 36.7 Å². The van der Waals surface area contributed by atoms with E-state index in [4.69, 9.17) is 11.6 Å². The molecule has 0 saturated carbocycles. The van der Waals surface area contributed by atoms with E-state index in [1.807, 2.05) is 24.7 Å². The van der Waals surface area contributed by atoms with Crippen molar-refractivity contribution in [2.45, 2.75) is 6.92 Å². The monoisotopic (exact) mass is 380 g/mol. The fourth-order valence-electron chi connectivity index (χ4n) is 2.10. The molecule has 3 aromatic rings. The maximum atomic E-state index is 12.2. The number of hydrogen-bond donors (Lipinski definition) is 1. The molecule has 2 heterocycles. The number of anilines is 1. The molecule has 0 atom stereocenters. The van der Waals surface area contributed by atoms with Gasteiger partial charge in [-0.25, -0.2) is 0 Å². The van der Waals surface area contributed by atoms with Crippen molar-refractivity contribution in [1.82, 2.24) is 14.8 Å². The summed E-state index contributed by atoms with van der Waals surface area (Å²) in [5.41, 5.74) is 2.44. The number of aromatic nitrogens is 3. The van der Waals surface area contributed by atoms with Crippen LogP contribution in [0.2, 0.25) is 5.02 Å². The third-order valence-corrected chi connectivity index (χ3v) is 5.39. The molecule has 1 amide bonds. The normalized spacial score (nSPS) is 10.7. The number of nitrogens with zero attached hydrogens (tertiary/aromatic N) is 3. The molecule has 3 rings (SSSR count). The molecule has 0 spiro atoms. The van der Waals surface area contributed by atoms with Gasteiger partial charge in [0.05, 0.1) is 0 Å². The molecule has 0 fully saturated rings. The van der Waals surface area contributed by atoms with Crippen LogP contribution < -0.4 is 5.32 Å². The van der Waals surface area contributed by atoms with Gasteiger partial charge in [0.1, 0.15) is 0 Å². The van der Waals surface area contributed by atoms with Crippen LogP contribution in [0.25, 0.3) is 10.1 Å². The molecule has 0 radical (unpaired) electrons. The van der Waals surface area contributed by atoms with Gasteiger partial charge in [0.2, 0.25) is 0 Å². The van der Waals surface area contributed by atoms with Gasteiger partial charge in [-0.2, -0.15) is 0 Å². The quantitative estimate of drug-likeness (QED) is 0.712. The fraction of sp³-hybridized carbons (Fsp3) is 0.133. The van der Waals surface area contributed by atoms with E-state index in [0.717, 1.165) is 15.8 Å². The Bertz CT molecular complexity index is 840. The number of aryl methyl sites for hydroxylation is 2. The summed E-state index contributed by atoms with van der Waals surface area (Å²) in [5, 5.41) is 7.60. The van der Waals surface area contributed by atoms with Gasteiger partial charge >= 0.3 is 138 Å². The molecular weight excluding hydrogens is 367 g/mol. The standard InChI is InChI=1S/C15H13ClN4OSe/c1-9-7-12(20(2)19-9)13-8-17-15(22-13)18-14(21)10-5-3-4-6-11(10)16/h3-8H,1-2H3,(H,17,18,21). The van der Waals surface area contributed by atoms with E-state index in [2.05, 4.69) is 15.4 Å². The minimum atomic E-state index is -0.234. The second kappa shape index (κ2) is 6.08. The number of halogens is 1. The van der Waals surface area contributed by atoms with Gasteiger partial charge in [-0.05, 0) is 0 Å². The number of amides is 1. The summed E-state index contributed by atoms with van der Waals surface area (Å²) < 4.78 is 3.59. The number of carbonyl (C=O) groups excluding carboxylic acids is 1. The number of rotatable bonds is 3. The Morgan fingerprint density at radius 3 is 2.82 bits per heavy atom. The Labute approximate surface area is 138 Å². The number of nitrogens with one attached hydrogen (secondary N) is 1. The van der Waals surface area contributed by atoms with Crippen molar-refractivity contribution in [3.63, 3.8) is 0 Å². The van der Waals surface area contributed by atoms with Gasteiger partial charge < -0.3 is 0 Å². The van der Waals surface area contributed by atoms with E-state index in [1.54, 1.807) is 30.5 Å². The number of carbonyl (C=O) groups is 1. The van der Waals surface area contributed by atoms with Crippen molar-refractivity contribution in [2.24, 2.45) is 7.05 Å². The van der Waals surface area contributed by atoms with Crippen LogP contribution in [0.5, 0.6) is 0 Å². The predicted octanol–water partition coefficient (Wildman–Crippen LogP) is 2.75. The van der Waals surface area contributed by atoms with E-state index < -0.39 is 0 Å². The Hall–Kier alpha value is -1.88. The number of hydrogen-bond acceptors (Lipinski definition) is 3. The number of benzene rings is 1. The van der Waals surface area contributed by atoms with Gasteiger partial charge in [-0.3, -0.25) is 0 Å². The first-order valence-corrected chi connectivity index (χ1v) is 8.66. The third kappa shape index (κ3) is 2.99. The zero-order chi connectivity index (χ0) is 15.7. The van der Waals surface area contributed by atoms with Crippen LogP contribution in [0.1, 0.15) is 16.1 Å². The van der Waals surface area contributed by atoms with Crippen molar-refractivity contribution in [3.05, 3.63) is 52.8 Å². The summed E-state index contributed by atoms with van der Waals surface area (Å²) in [6.07, 6.45) is 1.79. The Kier molecular flexibility index (Phi) is 4.16. The topological polar surface area (TPSA) is 59.8 Å². The minimum absolute atomic E-state index is 0.0584.